The smallest absolute Gasteiger partial charge is 0.343 e. The third-order valence-corrected chi connectivity index (χ3v) is 8.65. The molecule has 14 heteroatoms. The maximum absolute atomic E-state index is 14.0. The lowest BCUT2D eigenvalue weighted by atomic mass is 9.95. The normalized spacial score (nSPS) is 14.3. The lowest BCUT2D eigenvalue weighted by molar-refractivity contribution is -0.143. The van der Waals surface area contributed by atoms with E-state index in [0.29, 0.717) is 48.9 Å². The van der Waals surface area contributed by atoms with Crippen LogP contribution in [-0.2, 0) is 19.1 Å². The summed E-state index contributed by atoms with van der Waals surface area (Å²) in [5.41, 5.74) is 1.56. The molecule has 0 saturated heterocycles. The number of allylic oxidation sites excluding steroid dienone is 1. The molecule has 1 aromatic heterocycles. The lowest BCUT2D eigenvalue weighted by Crippen LogP contribution is -2.40. The number of rotatable bonds is 11. The van der Waals surface area contributed by atoms with E-state index in [1.54, 1.807) is 51.1 Å². The first-order chi connectivity index (χ1) is 21.1. The molecule has 3 aromatic rings. The molecular formula is C30H27BrIN3O8S. The number of hydrogen-bond acceptors (Lipinski definition) is 11. The molecule has 1 atom stereocenters. The van der Waals surface area contributed by atoms with Crippen molar-refractivity contribution in [2.45, 2.75) is 26.8 Å². The van der Waals surface area contributed by atoms with Crippen LogP contribution in [-0.4, -0.2) is 50.0 Å². The Balaban J connectivity index is 1.88. The molecule has 0 fully saturated rings. The van der Waals surface area contributed by atoms with Gasteiger partial charge in [-0.1, -0.05) is 17.4 Å². The van der Waals surface area contributed by atoms with Crippen LogP contribution in [0.25, 0.3) is 6.08 Å². The molecule has 0 unspecified atom stereocenters. The number of nitriles is 1. The van der Waals surface area contributed by atoms with Gasteiger partial charge in [0, 0.05) is 0 Å². The van der Waals surface area contributed by atoms with E-state index in [4.69, 9.17) is 24.2 Å². The fourth-order valence-corrected chi connectivity index (χ4v) is 7.26. The predicted octanol–water partition coefficient (Wildman–Crippen LogP) is 4.02. The molecule has 230 valence electrons. The van der Waals surface area contributed by atoms with Crippen molar-refractivity contribution >= 4 is 67.9 Å². The molecule has 44 heavy (non-hydrogen) atoms. The third kappa shape index (κ3) is 7.16. The molecule has 0 bridgehead atoms. The molecule has 0 spiro atoms. The number of hydrogen-bond donors (Lipinski definition) is 0. The Hall–Kier alpha value is -3.68. The number of halogens is 2. The van der Waals surface area contributed by atoms with Gasteiger partial charge < -0.3 is 23.7 Å². The summed E-state index contributed by atoms with van der Waals surface area (Å²) in [5.74, 6) is 0.00657. The number of nitrogens with zero attached hydrogens (tertiary/aromatic N) is 3. The number of aromatic nitrogens is 1. The van der Waals surface area contributed by atoms with Gasteiger partial charge in [0.1, 0.15) is 11.8 Å². The van der Waals surface area contributed by atoms with Crippen molar-refractivity contribution in [1.29, 1.82) is 5.26 Å². The van der Waals surface area contributed by atoms with E-state index in [1.807, 2.05) is 12.1 Å². The maximum atomic E-state index is 14.0. The van der Waals surface area contributed by atoms with Gasteiger partial charge in [-0.2, -0.15) is 5.26 Å². The number of carbonyl (C=O) groups excluding carboxylic acids is 2. The Labute approximate surface area is 278 Å². The van der Waals surface area contributed by atoms with Crippen LogP contribution in [0.3, 0.4) is 0 Å². The van der Waals surface area contributed by atoms with E-state index in [2.05, 4.69) is 48.3 Å². The van der Waals surface area contributed by atoms with Gasteiger partial charge in [0.2, 0.25) is 0 Å². The van der Waals surface area contributed by atoms with Crippen molar-refractivity contribution in [2.75, 3.05) is 33.5 Å². The minimum Gasteiger partial charge on any atom is -0.490 e. The summed E-state index contributed by atoms with van der Waals surface area (Å²) in [6, 6.07) is 9.70. The molecular weight excluding hydrogens is 769 g/mol. The van der Waals surface area contributed by atoms with Gasteiger partial charge in [-0.25, -0.2) is 14.6 Å². The zero-order chi connectivity index (χ0) is 32.0. The van der Waals surface area contributed by atoms with E-state index in [9.17, 15) is 14.4 Å². The molecule has 1 aliphatic rings. The lowest BCUT2D eigenvalue weighted by Gasteiger charge is -2.25. The molecule has 11 nitrogen and oxygen atoms in total. The molecule has 0 amide bonds. The van der Waals surface area contributed by atoms with Crippen molar-refractivity contribution < 1.29 is 33.3 Å². The van der Waals surface area contributed by atoms with Crippen molar-refractivity contribution in [3.05, 3.63) is 80.5 Å². The maximum Gasteiger partial charge on any atom is 0.343 e. The van der Waals surface area contributed by atoms with E-state index in [0.717, 1.165) is 9.13 Å². The number of esters is 2. The molecule has 2 heterocycles. The summed E-state index contributed by atoms with van der Waals surface area (Å²) in [4.78, 5) is 44.0. The average molecular weight is 796 g/mol. The number of benzene rings is 2. The minimum absolute atomic E-state index is 0.0991. The average Bonchev–Trinajstić information content (AvgIpc) is 3.29. The van der Waals surface area contributed by atoms with Gasteiger partial charge in [-0.05, 0) is 101 Å². The summed E-state index contributed by atoms with van der Waals surface area (Å²) in [7, 11) is 1.26. The second kappa shape index (κ2) is 14.9. The molecule has 0 N–H and O–H groups in total. The van der Waals surface area contributed by atoms with Crippen molar-refractivity contribution in [1.82, 2.24) is 4.57 Å². The van der Waals surface area contributed by atoms with E-state index < -0.39 is 18.0 Å². The second-order valence-electron chi connectivity index (χ2n) is 9.07. The van der Waals surface area contributed by atoms with E-state index in [1.165, 1.54) is 23.0 Å². The number of ether oxygens (including phenoxy) is 5. The Kier molecular flexibility index (Phi) is 11.2. The quantitative estimate of drug-likeness (QED) is 0.208. The summed E-state index contributed by atoms with van der Waals surface area (Å²) in [6.07, 6.45) is 1.74. The summed E-state index contributed by atoms with van der Waals surface area (Å²) in [6.45, 7) is 5.22. The summed E-state index contributed by atoms with van der Waals surface area (Å²) < 4.78 is 30.2. The topological polar surface area (TPSA) is 138 Å². The largest absolute Gasteiger partial charge is 0.490 e. The monoisotopic (exact) mass is 795 g/mol. The molecule has 1 aliphatic heterocycles. The second-order valence-corrected chi connectivity index (χ2v) is 12.1. The zero-order valence-corrected chi connectivity index (χ0v) is 28.7. The summed E-state index contributed by atoms with van der Waals surface area (Å²) >= 11 is 6.78. The van der Waals surface area contributed by atoms with Gasteiger partial charge in [-0.15, -0.1) is 0 Å². The fourth-order valence-electron chi connectivity index (χ4n) is 4.44. The van der Waals surface area contributed by atoms with Gasteiger partial charge in [0.05, 0.1) is 50.2 Å². The standard InChI is InChI=1S/C30H27BrIN3O8S/c1-5-40-22-14-18(7-8-21(22)43-15-24(36)39-4)26-25(29(38)41-6-2)16(3)34-30-35(26)28(37)23(44-30)13-17-11-19(31)27(20(32)12-17)42-10-9-33/h7-8,11-14,26H,5-6,10,15H2,1-4H3/b23-13-/t26-/m0/s1. The minimum atomic E-state index is -0.880. The summed E-state index contributed by atoms with van der Waals surface area (Å²) in [5, 5.41) is 8.88. The highest BCUT2D eigenvalue weighted by Gasteiger charge is 2.34. The van der Waals surface area contributed by atoms with Crippen LogP contribution in [0.15, 0.2) is 55.9 Å². The van der Waals surface area contributed by atoms with Gasteiger partial charge >= 0.3 is 11.9 Å². The van der Waals surface area contributed by atoms with Gasteiger partial charge in [0.15, 0.2) is 29.5 Å². The molecule has 0 saturated carbocycles. The highest BCUT2D eigenvalue weighted by molar-refractivity contribution is 14.1. The van der Waals surface area contributed by atoms with Crippen LogP contribution in [0.4, 0.5) is 0 Å². The Morgan fingerprint density at radius 2 is 1.93 bits per heavy atom. The number of fused-ring (bicyclic) bond motifs is 1. The van der Waals surface area contributed by atoms with Crippen LogP contribution in [0.2, 0.25) is 0 Å². The first kappa shape index (κ1) is 33.2. The number of carbonyl (C=O) groups is 2. The molecule has 4 rings (SSSR count). The third-order valence-electron chi connectivity index (χ3n) is 6.27. The highest BCUT2D eigenvalue weighted by atomic mass is 127. The van der Waals surface area contributed by atoms with Crippen LogP contribution in [0.1, 0.15) is 37.9 Å². The highest BCUT2D eigenvalue weighted by Crippen LogP contribution is 2.37. The van der Waals surface area contributed by atoms with Crippen molar-refractivity contribution in [3.8, 4) is 23.3 Å². The number of thiazole rings is 1. The van der Waals surface area contributed by atoms with Crippen LogP contribution in [0.5, 0.6) is 17.2 Å². The van der Waals surface area contributed by atoms with Gasteiger partial charge in [0.25, 0.3) is 5.56 Å². The van der Waals surface area contributed by atoms with E-state index in [-0.39, 0.29) is 31.0 Å². The van der Waals surface area contributed by atoms with Gasteiger partial charge in [-0.3, -0.25) is 9.36 Å². The predicted molar refractivity (Wildman–Crippen MR) is 173 cm³/mol. The Morgan fingerprint density at radius 3 is 2.59 bits per heavy atom. The Morgan fingerprint density at radius 1 is 1.16 bits per heavy atom. The van der Waals surface area contributed by atoms with Crippen LogP contribution in [0, 0.1) is 14.9 Å². The number of methoxy groups -OCH3 is 1. The zero-order valence-electron chi connectivity index (χ0n) is 24.1. The first-order valence-electron chi connectivity index (χ1n) is 13.3. The fraction of sp³-hybridized carbons (Fsp3) is 0.300. The molecule has 2 aromatic carbocycles. The Bertz CT molecular complexity index is 1840. The van der Waals surface area contributed by atoms with Crippen LogP contribution < -0.4 is 29.1 Å². The molecule has 0 radical (unpaired) electrons. The first-order valence-corrected chi connectivity index (χ1v) is 16.0. The van der Waals surface area contributed by atoms with Crippen LogP contribution >= 0.6 is 49.9 Å². The van der Waals surface area contributed by atoms with E-state index >= 15 is 0 Å². The van der Waals surface area contributed by atoms with Crippen molar-refractivity contribution in [2.24, 2.45) is 4.99 Å². The SMILES string of the molecule is CCOC(=O)C1=C(C)N=c2s/c(=C\c3cc(Br)c(OCC#N)c(I)c3)c(=O)n2[C@H]1c1ccc(OCC(=O)OC)c(OCC)c1. The van der Waals surface area contributed by atoms with Crippen molar-refractivity contribution in [3.63, 3.8) is 0 Å². The molecule has 0 aliphatic carbocycles.